The quantitative estimate of drug-likeness (QED) is 0.181. The van der Waals surface area contributed by atoms with Crippen molar-refractivity contribution in [1.29, 1.82) is 0 Å². The lowest BCUT2D eigenvalue weighted by atomic mass is 9.87. The highest BCUT2D eigenvalue weighted by atomic mass is 16.4. The van der Waals surface area contributed by atoms with Crippen LogP contribution < -0.4 is 17.2 Å². The number of hydrogen-bond donors (Lipinski definition) is 4. The Bertz CT molecular complexity index is 367. The van der Waals surface area contributed by atoms with E-state index >= 15 is 0 Å². The number of unbranched alkanes of at least 4 members (excludes halogenated alkanes) is 4. The second-order valence-corrected chi connectivity index (χ2v) is 5.27. The highest BCUT2D eigenvalue weighted by molar-refractivity contribution is 6.07. The van der Waals surface area contributed by atoms with Gasteiger partial charge in [-0.1, -0.05) is 32.6 Å². The Balaban J connectivity index is 4.32. The monoisotopic (exact) mass is 300 g/mol. The first-order valence-electron chi connectivity index (χ1n) is 7.45. The van der Waals surface area contributed by atoms with Gasteiger partial charge in [0.25, 0.3) is 0 Å². The zero-order valence-electron chi connectivity index (χ0n) is 12.8. The van der Waals surface area contributed by atoms with Crippen LogP contribution in [0, 0.1) is 0 Å². The fourth-order valence-corrected chi connectivity index (χ4v) is 2.04. The van der Waals surface area contributed by atoms with Gasteiger partial charge >= 0.3 is 5.97 Å². The summed E-state index contributed by atoms with van der Waals surface area (Å²) in [7, 11) is 0. The molecular formula is C14H28N4O3. The Kier molecular flexibility index (Phi) is 9.36. The maximum absolute atomic E-state index is 12.1. The van der Waals surface area contributed by atoms with Crippen LogP contribution in [-0.2, 0) is 9.59 Å². The molecule has 0 aromatic heterocycles. The fraction of sp³-hybridized carbons (Fsp3) is 0.786. The number of aliphatic imine (C=N–C) groups is 1. The Morgan fingerprint density at radius 2 is 1.71 bits per heavy atom. The molecule has 0 radical (unpaired) electrons. The lowest BCUT2D eigenvalue weighted by Gasteiger charge is -2.22. The second kappa shape index (κ2) is 10.1. The van der Waals surface area contributed by atoms with Crippen molar-refractivity contribution in [3.63, 3.8) is 0 Å². The number of rotatable bonds is 12. The molecule has 0 aromatic carbocycles. The molecule has 0 saturated carbocycles. The summed E-state index contributed by atoms with van der Waals surface area (Å²) in [5.41, 5.74) is 14.3. The molecule has 122 valence electrons. The molecule has 7 nitrogen and oxygen atoms in total. The molecule has 1 atom stereocenters. The van der Waals surface area contributed by atoms with E-state index in [1.54, 1.807) is 0 Å². The smallest absolute Gasteiger partial charge is 0.331 e. The van der Waals surface area contributed by atoms with Crippen molar-refractivity contribution >= 4 is 17.7 Å². The maximum atomic E-state index is 12.1. The Morgan fingerprint density at radius 3 is 2.24 bits per heavy atom. The molecule has 0 aliphatic heterocycles. The third-order valence-electron chi connectivity index (χ3n) is 3.41. The lowest BCUT2D eigenvalue weighted by molar-refractivity contribution is -0.148. The number of aliphatic carboxylic acids is 1. The molecule has 0 fully saturated rings. The molecule has 0 aliphatic carbocycles. The minimum Gasteiger partial charge on any atom is -0.480 e. The minimum absolute atomic E-state index is 0.0346. The van der Waals surface area contributed by atoms with Crippen LogP contribution in [0.2, 0.25) is 0 Å². The van der Waals surface area contributed by atoms with Crippen molar-refractivity contribution in [3.05, 3.63) is 0 Å². The van der Waals surface area contributed by atoms with Crippen LogP contribution in [0.25, 0.3) is 0 Å². The zero-order chi connectivity index (χ0) is 16.3. The molecule has 0 bridgehead atoms. The molecule has 21 heavy (non-hydrogen) atoms. The Labute approximate surface area is 126 Å². The highest BCUT2D eigenvalue weighted by Crippen LogP contribution is 2.17. The van der Waals surface area contributed by atoms with Crippen molar-refractivity contribution in [2.75, 3.05) is 6.54 Å². The standard InChI is InChI=1S/C14H28N4O3/c1-2-3-4-5-6-8-11(19)14(17,12(20)21)9-7-10-18-13(15)16/h2-10,17H2,1H3,(H,20,21)(H4,15,16,18). The van der Waals surface area contributed by atoms with Gasteiger partial charge in [0.05, 0.1) is 0 Å². The van der Waals surface area contributed by atoms with Crippen LogP contribution in [0.3, 0.4) is 0 Å². The number of carboxylic acid groups (broad SMARTS) is 1. The van der Waals surface area contributed by atoms with Crippen molar-refractivity contribution in [2.45, 2.75) is 63.8 Å². The van der Waals surface area contributed by atoms with E-state index in [0.717, 1.165) is 25.7 Å². The summed E-state index contributed by atoms with van der Waals surface area (Å²) in [6.07, 6.45) is 5.49. The number of carbonyl (C=O) groups is 2. The van der Waals surface area contributed by atoms with Gasteiger partial charge in [-0.3, -0.25) is 9.79 Å². The van der Waals surface area contributed by atoms with Gasteiger partial charge in [-0.15, -0.1) is 0 Å². The Hall–Kier alpha value is -1.63. The molecule has 0 aliphatic rings. The van der Waals surface area contributed by atoms with Gasteiger partial charge in [-0.25, -0.2) is 4.79 Å². The first-order chi connectivity index (χ1) is 9.84. The summed E-state index contributed by atoms with van der Waals surface area (Å²) in [6, 6.07) is 0. The van der Waals surface area contributed by atoms with E-state index in [0.29, 0.717) is 12.8 Å². The van der Waals surface area contributed by atoms with Crippen LogP contribution >= 0.6 is 0 Å². The molecule has 0 heterocycles. The van der Waals surface area contributed by atoms with Gasteiger partial charge in [0.1, 0.15) is 0 Å². The molecule has 7 heteroatoms. The number of carboxylic acids is 1. The summed E-state index contributed by atoms with van der Waals surface area (Å²) < 4.78 is 0. The number of Topliss-reactive ketones (excluding diaryl/α,β-unsaturated/α-hetero) is 1. The summed E-state index contributed by atoms with van der Waals surface area (Å²) >= 11 is 0. The fourth-order valence-electron chi connectivity index (χ4n) is 2.04. The maximum Gasteiger partial charge on any atom is 0.331 e. The summed E-state index contributed by atoms with van der Waals surface area (Å²) in [4.78, 5) is 27.1. The summed E-state index contributed by atoms with van der Waals surface area (Å²) in [6.45, 7) is 2.37. The van der Waals surface area contributed by atoms with Crippen molar-refractivity contribution in [1.82, 2.24) is 0 Å². The average Bonchev–Trinajstić information content (AvgIpc) is 2.42. The first-order valence-corrected chi connectivity index (χ1v) is 7.45. The van der Waals surface area contributed by atoms with E-state index in [9.17, 15) is 14.7 Å². The summed E-state index contributed by atoms with van der Waals surface area (Å²) in [5, 5.41) is 9.22. The third-order valence-corrected chi connectivity index (χ3v) is 3.41. The number of guanidine groups is 1. The molecule has 0 aromatic rings. The van der Waals surface area contributed by atoms with Crippen molar-refractivity contribution in [2.24, 2.45) is 22.2 Å². The van der Waals surface area contributed by atoms with Gasteiger partial charge in [0, 0.05) is 13.0 Å². The molecule has 0 amide bonds. The zero-order valence-corrected chi connectivity index (χ0v) is 12.8. The van der Waals surface area contributed by atoms with E-state index < -0.39 is 17.3 Å². The van der Waals surface area contributed by atoms with Gasteiger partial charge in [0.2, 0.25) is 0 Å². The largest absolute Gasteiger partial charge is 0.480 e. The number of hydrogen-bond acceptors (Lipinski definition) is 4. The van der Waals surface area contributed by atoms with Gasteiger partial charge in [-0.2, -0.15) is 0 Å². The second-order valence-electron chi connectivity index (χ2n) is 5.27. The Morgan fingerprint density at radius 1 is 1.10 bits per heavy atom. The third kappa shape index (κ3) is 7.65. The molecule has 7 N–H and O–H groups in total. The van der Waals surface area contributed by atoms with Gasteiger partial charge in [0.15, 0.2) is 17.3 Å². The van der Waals surface area contributed by atoms with E-state index in [1.807, 2.05) is 0 Å². The molecule has 0 rings (SSSR count). The van der Waals surface area contributed by atoms with E-state index in [1.165, 1.54) is 0 Å². The predicted octanol–water partition coefficient (Wildman–Crippen LogP) is 0.752. The van der Waals surface area contributed by atoms with E-state index in [4.69, 9.17) is 17.2 Å². The molecule has 0 spiro atoms. The minimum atomic E-state index is -1.83. The predicted molar refractivity (Wildman–Crippen MR) is 82.8 cm³/mol. The van der Waals surface area contributed by atoms with Crippen LogP contribution in [-0.4, -0.2) is 34.9 Å². The highest BCUT2D eigenvalue weighted by Gasteiger charge is 2.40. The van der Waals surface area contributed by atoms with Crippen LogP contribution in [0.15, 0.2) is 4.99 Å². The first kappa shape index (κ1) is 19.4. The normalized spacial score (nSPS) is 13.4. The topological polar surface area (TPSA) is 145 Å². The number of nitrogens with zero attached hydrogens (tertiary/aromatic N) is 1. The molecule has 1 unspecified atom stereocenters. The average molecular weight is 300 g/mol. The number of nitrogens with two attached hydrogens (primary N) is 3. The van der Waals surface area contributed by atoms with Crippen molar-refractivity contribution < 1.29 is 14.7 Å². The van der Waals surface area contributed by atoms with Crippen LogP contribution in [0.4, 0.5) is 0 Å². The molecular weight excluding hydrogens is 272 g/mol. The van der Waals surface area contributed by atoms with Crippen LogP contribution in [0.1, 0.15) is 58.3 Å². The van der Waals surface area contributed by atoms with E-state index in [-0.39, 0.29) is 25.3 Å². The van der Waals surface area contributed by atoms with E-state index in [2.05, 4.69) is 11.9 Å². The SMILES string of the molecule is CCCCCCCC(=O)C(N)(CCCN=C(N)N)C(=O)O. The summed E-state index contributed by atoms with van der Waals surface area (Å²) in [5.74, 6) is -1.77. The lowest BCUT2D eigenvalue weighted by Crippen LogP contribution is -2.55. The van der Waals surface area contributed by atoms with Gasteiger partial charge < -0.3 is 22.3 Å². The van der Waals surface area contributed by atoms with Crippen molar-refractivity contribution in [3.8, 4) is 0 Å². The van der Waals surface area contributed by atoms with Crippen LogP contribution in [0.5, 0.6) is 0 Å². The number of carbonyl (C=O) groups excluding carboxylic acids is 1. The van der Waals surface area contributed by atoms with Gasteiger partial charge in [-0.05, 0) is 19.3 Å². The number of ketones is 1. The molecule has 0 saturated heterocycles.